The number of aliphatic hydroxyl groups excluding tert-OH is 1. The molecule has 0 spiro atoms. The maximum Gasteiger partial charge on any atom is 0.0715 e. The maximum absolute atomic E-state index is 10.0. The third-order valence-corrected chi connectivity index (χ3v) is 2.97. The van der Waals surface area contributed by atoms with Gasteiger partial charge in [-0.3, -0.25) is 4.90 Å². The minimum absolute atomic E-state index is 0.0313. The zero-order chi connectivity index (χ0) is 11.5. The molecule has 1 aliphatic rings. The zero-order valence-electron chi connectivity index (χ0n) is 10.5. The van der Waals surface area contributed by atoms with Crippen molar-refractivity contribution in [3.63, 3.8) is 0 Å². The third kappa shape index (κ3) is 4.49. The van der Waals surface area contributed by atoms with Gasteiger partial charge in [-0.15, -0.1) is 0 Å². The molecule has 2 atom stereocenters. The standard InChI is InChI=1S/C12H25NO2/c1-10-8-13(6-5-7-15-10)9-11(14)12(2,3)4/h10-11,14H,5-9H2,1-4H3. The predicted octanol–water partition coefficient (Wildman–Crippen LogP) is 1.50. The summed E-state index contributed by atoms with van der Waals surface area (Å²) in [6.45, 7) is 11.9. The van der Waals surface area contributed by atoms with Crippen LogP contribution in [0.25, 0.3) is 0 Å². The lowest BCUT2D eigenvalue weighted by Crippen LogP contribution is -2.41. The Morgan fingerprint density at radius 1 is 1.47 bits per heavy atom. The van der Waals surface area contributed by atoms with E-state index in [4.69, 9.17) is 4.74 Å². The lowest BCUT2D eigenvalue weighted by atomic mass is 9.89. The Hall–Kier alpha value is -0.120. The summed E-state index contributed by atoms with van der Waals surface area (Å²) in [4.78, 5) is 2.31. The molecule has 1 saturated heterocycles. The Balaban J connectivity index is 2.42. The Bertz CT molecular complexity index is 189. The predicted molar refractivity (Wildman–Crippen MR) is 61.9 cm³/mol. The Morgan fingerprint density at radius 2 is 2.13 bits per heavy atom. The first kappa shape index (κ1) is 12.9. The van der Waals surface area contributed by atoms with Crippen molar-refractivity contribution in [1.29, 1.82) is 0 Å². The number of aliphatic hydroxyl groups is 1. The Kier molecular flexibility index (Phi) is 4.56. The molecule has 0 aromatic carbocycles. The van der Waals surface area contributed by atoms with E-state index in [1.165, 1.54) is 0 Å². The van der Waals surface area contributed by atoms with Crippen LogP contribution in [0.4, 0.5) is 0 Å². The highest BCUT2D eigenvalue weighted by Crippen LogP contribution is 2.20. The van der Waals surface area contributed by atoms with Gasteiger partial charge in [-0.05, 0) is 18.8 Å². The zero-order valence-corrected chi connectivity index (χ0v) is 10.5. The van der Waals surface area contributed by atoms with Gasteiger partial charge in [-0.2, -0.15) is 0 Å². The van der Waals surface area contributed by atoms with Crippen molar-refractivity contribution in [1.82, 2.24) is 4.90 Å². The van der Waals surface area contributed by atoms with Crippen molar-refractivity contribution in [3.8, 4) is 0 Å². The van der Waals surface area contributed by atoms with E-state index in [9.17, 15) is 5.11 Å². The molecule has 1 rings (SSSR count). The molecule has 2 unspecified atom stereocenters. The summed E-state index contributed by atoms with van der Waals surface area (Å²) in [6.07, 6.45) is 1.10. The van der Waals surface area contributed by atoms with Gasteiger partial charge in [0.2, 0.25) is 0 Å². The number of ether oxygens (including phenoxy) is 1. The molecular formula is C12H25NO2. The van der Waals surface area contributed by atoms with E-state index >= 15 is 0 Å². The minimum atomic E-state index is -0.261. The maximum atomic E-state index is 10.0. The van der Waals surface area contributed by atoms with Crippen LogP contribution in [0.15, 0.2) is 0 Å². The van der Waals surface area contributed by atoms with E-state index in [0.29, 0.717) is 6.10 Å². The quantitative estimate of drug-likeness (QED) is 0.758. The second-order valence-electron chi connectivity index (χ2n) is 5.68. The average Bonchev–Trinajstić information content (AvgIpc) is 2.28. The molecular weight excluding hydrogens is 190 g/mol. The fourth-order valence-electron chi connectivity index (χ4n) is 1.76. The molecule has 0 aromatic heterocycles. The molecule has 1 N–H and O–H groups in total. The molecule has 3 nitrogen and oxygen atoms in total. The van der Waals surface area contributed by atoms with Gasteiger partial charge in [-0.1, -0.05) is 20.8 Å². The lowest BCUT2D eigenvalue weighted by Gasteiger charge is -2.31. The van der Waals surface area contributed by atoms with Crippen LogP contribution in [-0.2, 0) is 4.74 Å². The van der Waals surface area contributed by atoms with Crippen molar-refractivity contribution in [3.05, 3.63) is 0 Å². The van der Waals surface area contributed by atoms with Gasteiger partial charge in [-0.25, -0.2) is 0 Å². The van der Waals surface area contributed by atoms with Crippen molar-refractivity contribution in [2.75, 3.05) is 26.2 Å². The molecule has 0 radical (unpaired) electrons. The SMILES string of the molecule is CC1CN(CC(O)C(C)(C)C)CCCO1. The number of β-amino-alcohol motifs (C(OH)–C–C–N with tert-alkyl or cyclic N) is 1. The van der Waals surface area contributed by atoms with E-state index in [1.54, 1.807) is 0 Å². The summed E-state index contributed by atoms with van der Waals surface area (Å²) < 4.78 is 5.58. The molecule has 0 saturated carbocycles. The monoisotopic (exact) mass is 215 g/mol. The summed E-state index contributed by atoms with van der Waals surface area (Å²) in [5.74, 6) is 0. The van der Waals surface area contributed by atoms with Crippen molar-refractivity contribution in [2.45, 2.75) is 46.3 Å². The topological polar surface area (TPSA) is 32.7 Å². The first-order chi connectivity index (χ1) is 6.89. The van der Waals surface area contributed by atoms with Gasteiger partial charge >= 0.3 is 0 Å². The summed E-state index contributed by atoms with van der Waals surface area (Å²) in [5, 5.41) is 10.0. The lowest BCUT2D eigenvalue weighted by molar-refractivity contribution is 0.0177. The van der Waals surface area contributed by atoms with Crippen LogP contribution in [0.5, 0.6) is 0 Å². The van der Waals surface area contributed by atoms with Crippen LogP contribution in [0, 0.1) is 5.41 Å². The minimum Gasteiger partial charge on any atom is -0.391 e. The number of nitrogens with zero attached hydrogens (tertiary/aromatic N) is 1. The highest BCUT2D eigenvalue weighted by Gasteiger charge is 2.25. The summed E-state index contributed by atoms with van der Waals surface area (Å²) in [7, 11) is 0. The van der Waals surface area contributed by atoms with E-state index in [2.05, 4.69) is 32.6 Å². The van der Waals surface area contributed by atoms with Crippen LogP contribution >= 0.6 is 0 Å². The van der Waals surface area contributed by atoms with Crippen LogP contribution in [0.3, 0.4) is 0 Å². The second-order valence-corrected chi connectivity index (χ2v) is 5.68. The Morgan fingerprint density at radius 3 is 2.73 bits per heavy atom. The normalized spacial score (nSPS) is 27.4. The summed E-state index contributed by atoms with van der Waals surface area (Å²) in [6, 6.07) is 0. The van der Waals surface area contributed by atoms with Gasteiger partial charge < -0.3 is 9.84 Å². The summed E-state index contributed by atoms with van der Waals surface area (Å²) >= 11 is 0. The van der Waals surface area contributed by atoms with Crippen LogP contribution in [0.2, 0.25) is 0 Å². The van der Waals surface area contributed by atoms with Crippen LogP contribution in [-0.4, -0.2) is 48.5 Å². The number of hydrogen-bond donors (Lipinski definition) is 1. The highest BCUT2D eigenvalue weighted by atomic mass is 16.5. The van der Waals surface area contributed by atoms with Gasteiger partial charge in [0, 0.05) is 26.2 Å². The van der Waals surface area contributed by atoms with E-state index in [0.717, 1.165) is 32.7 Å². The van der Waals surface area contributed by atoms with Crippen molar-refractivity contribution >= 4 is 0 Å². The smallest absolute Gasteiger partial charge is 0.0715 e. The van der Waals surface area contributed by atoms with E-state index < -0.39 is 0 Å². The molecule has 3 heteroatoms. The second kappa shape index (κ2) is 5.28. The van der Waals surface area contributed by atoms with Crippen molar-refractivity contribution in [2.24, 2.45) is 5.41 Å². The highest BCUT2D eigenvalue weighted by molar-refractivity contribution is 4.78. The van der Waals surface area contributed by atoms with E-state index in [1.807, 2.05) is 0 Å². The molecule has 1 aliphatic heterocycles. The third-order valence-electron chi connectivity index (χ3n) is 2.97. The molecule has 15 heavy (non-hydrogen) atoms. The van der Waals surface area contributed by atoms with Gasteiger partial charge in [0.25, 0.3) is 0 Å². The van der Waals surface area contributed by atoms with Crippen molar-refractivity contribution < 1.29 is 9.84 Å². The molecule has 1 fully saturated rings. The van der Waals surface area contributed by atoms with Gasteiger partial charge in [0.05, 0.1) is 12.2 Å². The first-order valence-electron chi connectivity index (χ1n) is 5.91. The largest absolute Gasteiger partial charge is 0.391 e. The Labute approximate surface area is 93.4 Å². The molecule has 0 bridgehead atoms. The van der Waals surface area contributed by atoms with Gasteiger partial charge in [0.15, 0.2) is 0 Å². The molecule has 1 heterocycles. The molecule has 0 aliphatic carbocycles. The first-order valence-corrected chi connectivity index (χ1v) is 5.91. The fraction of sp³-hybridized carbons (Fsp3) is 1.00. The summed E-state index contributed by atoms with van der Waals surface area (Å²) in [5.41, 5.74) is -0.0313. The number of hydrogen-bond acceptors (Lipinski definition) is 3. The fourth-order valence-corrected chi connectivity index (χ4v) is 1.76. The van der Waals surface area contributed by atoms with Crippen LogP contribution < -0.4 is 0 Å². The molecule has 0 aromatic rings. The average molecular weight is 215 g/mol. The van der Waals surface area contributed by atoms with Gasteiger partial charge in [0.1, 0.15) is 0 Å². The van der Waals surface area contributed by atoms with E-state index in [-0.39, 0.29) is 11.5 Å². The molecule has 90 valence electrons. The number of rotatable bonds is 2. The molecule has 0 amide bonds. The van der Waals surface area contributed by atoms with Crippen LogP contribution in [0.1, 0.15) is 34.1 Å².